The van der Waals surface area contributed by atoms with Crippen molar-refractivity contribution < 1.29 is 4.79 Å². The van der Waals surface area contributed by atoms with Crippen LogP contribution in [0.25, 0.3) is 11.7 Å². The zero-order valence-electron chi connectivity index (χ0n) is 13.1. The summed E-state index contributed by atoms with van der Waals surface area (Å²) in [5, 5.41) is 2.88. The highest BCUT2D eigenvalue weighted by molar-refractivity contribution is 5.91. The first-order valence-electron chi connectivity index (χ1n) is 7.66. The van der Waals surface area contributed by atoms with Gasteiger partial charge >= 0.3 is 0 Å². The Hall–Kier alpha value is -2.88. The molecule has 0 unspecified atom stereocenters. The summed E-state index contributed by atoms with van der Waals surface area (Å²) >= 11 is 0. The van der Waals surface area contributed by atoms with Gasteiger partial charge < -0.3 is 9.72 Å². The lowest BCUT2D eigenvalue weighted by Crippen LogP contribution is -2.23. The first-order chi connectivity index (χ1) is 11.2. The summed E-state index contributed by atoms with van der Waals surface area (Å²) < 4.78 is 2.02. The van der Waals surface area contributed by atoms with E-state index in [9.17, 15) is 4.79 Å². The predicted octanol–water partition coefficient (Wildman–Crippen LogP) is 3.01. The van der Waals surface area contributed by atoms with E-state index < -0.39 is 0 Å². The number of nitrogens with one attached hydrogen (secondary N) is 1. The second-order valence-electron chi connectivity index (χ2n) is 5.49. The number of carbonyl (C=O) groups excluding carboxylic acids is 1. The van der Waals surface area contributed by atoms with Crippen molar-refractivity contribution in [3.63, 3.8) is 0 Å². The third-order valence-corrected chi connectivity index (χ3v) is 3.56. The van der Waals surface area contributed by atoms with Crippen molar-refractivity contribution in [3.05, 3.63) is 77.8 Å². The number of pyridine rings is 1. The molecule has 0 saturated heterocycles. The maximum absolute atomic E-state index is 11.8. The lowest BCUT2D eigenvalue weighted by Gasteiger charge is -1.99. The maximum atomic E-state index is 11.8. The van der Waals surface area contributed by atoms with E-state index in [4.69, 9.17) is 0 Å². The zero-order chi connectivity index (χ0) is 16.1. The van der Waals surface area contributed by atoms with Gasteiger partial charge in [-0.15, -0.1) is 0 Å². The number of rotatable bonds is 5. The second-order valence-corrected chi connectivity index (χ2v) is 5.49. The molecule has 1 amide bonds. The highest BCUT2D eigenvalue weighted by Gasteiger charge is 2.02. The van der Waals surface area contributed by atoms with E-state index in [1.807, 2.05) is 65.3 Å². The Morgan fingerprint density at radius 2 is 2.00 bits per heavy atom. The van der Waals surface area contributed by atoms with Crippen LogP contribution in [0.1, 0.15) is 16.8 Å². The Morgan fingerprint density at radius 3 is 2.83 bits per heavy atom. The van der Waals surface area contributed by atoms with Gasteiger partial charge in [0.2, 0.25) is 5.91 Å². The summed E-state index contributed by atoms with van der Waals surface area (Å²) in [6.07, 6.45) is 8.14. The van der Waals surface area contributed by atoms with Crippen LogP contribution in [-0.2, 0) is 11.2 Å². The first kappa shape index (κ1) is 15.0. The molecule has 116 valence electrons. The van der Waals surface area contributed by atoms with E-state index in [-0.39, 0.29) is 5.91 Å². The van der Waals surface area contributed by atoms with Crippen LogP contribution < -0.4 is 5.32 Å². The molecular weight excluding hydrogens is 286 g/mol. The van der Waals surface area contributed by atoms with E-state index in [2.05, 4.69) is 17.2 Å². The van der Waals surface area contributed by atoms with Crippen molar-refractivity contribution in [2.24, 2.45) is 0 Å². The molecule has 4 nitrogen and oxygen atoms in total. The SMILES string of the molecule is Cc1ccc2nc(CCNC(=O)/C=C/c3ccccc3)cn2c1. The standard InChI is InChI=1S/C19H19N3O/c1-15-7-9-18-21-17(14-22(18)13-15)11-12-20-19(23)10-8-16-5-3-2-4-6-16/h2-10,13-14H,11-12H2,1H3,(H,20,23)/b10-8+. The van der Waals surface area contributed by atoms with Crippen LogP contribution in [0.4, 0.5) is 0 Å². The molecule has 0 spiro atoms. The number of nitrogens with zero attached hydrogens (tertiary/aromatic N) is 2. The molecule has 0 bridgehead atoms. The summed E-state index contributed by atoms with van der Waals surface area (Å²) in [4.78, 5) is 16.3. The van der Waals surface area contributed by atoms with Crippen molar-refractivity contribution in [2.75, 3.05) is 6.54 Å². The quantitative estimate of drug-likeness (QED) is 0.737. The monoisotopic (exact) mass is 305 g/mol. The Morgan fingerprint density at radius 1 is 1.17 bits per heavy atom. The fourth-order valence-corrected chi connectivity index (χ4v) is 2.38. The highest BCUT2D eigenvalue weighted by Crippen LogP contribution is 2.07. The molecule has 23 heavy (non-hydrogen) atoms. The molecule has 0 atom stereocenters. The van der Waals surface area contributed by atoms with E-state index in [1.165, 1.54) is 5.56 Å². The van der Waals surface area contributed by atoms with Crippen LogP contribution in [0, 0.1) is 6.92 Å². The highest BCUT2D eigenvalue weighted by atomic mass is 16.1. The molecule has 4 heteroatoms. The summed E-state index contributed by atoms with van der Waals surface area (Å²) in [6.45, 7) is 2.62. The average Bonchev–Trinajstić information content (AvgIpc) is 2.95. The minimum Gasteiger partial charge on any atom is -0.352 e. The first-order valence-corrected chi connectivity index (χ1v) is 7.66. The number of hydrogen-bond donors (Lipinski definition) is 1. The number of carbonyl (C=O) groups is 1. The van der Waals surface area contributed by atoms with E-state index in [0.29, 0.717) is 13.0 Å². The number of imidazole rings is 1. The largest absolute Gasteiger partial charge is 0.352 e. The molecular formula is C19H19N3O. The minimum absolute atomic E-state index is 0.0894. The van der Waals surface area contributed by atoms with Gasteiger partial charge in [0, 0.05) is 31.4 Å². The number of aromatic nitrogens is 2. The smallest absolute Gasteiger partial charge is 0.244 e. The summed E-state index contributed by atoms with van der Waals surface area (Å²) in [6, 6.07) is 13.8. The maximum Gasteiger partial charge on any atom is 0.244 e. The van der Waals surface area contributed by atoms with Crippen molar-refractivity contribution in [1.29, 1.82) is 0 Å². The van der Waals surface area contributed by atoms with Gasteiger partial charge in [0.15, 0.2) is 0 Å². The molecule has 2 aromatic heterocycles. The number of benzene rings is 1. The van der Waals surface area contributed by atoms with Crippen LogP contribution in [0.2, 0.25) is 0 Å². The molecule has 0 radical (unpaired) electrons. The molecule has 1 N–H and O–H groups in total. The van der Waals surface area contributed by atoms with E-state index in [1.54, 1.807) is 6.08 Å². The molecule has 3 aromatic rings. The van der Waals surface area contributed by atoms with Crippen molar-refractivity contribution in [2.45, 2.75) is 13.3 Å². The number of aryl methyl sites for hydroxylation is 1. The summed E-state index contributed by atoms with van der Waals surface area (Å²) in [5.41, 5.74) is 4.11. The molecule has 0 saturated carbocycles. The van der Waals surface area contributed by atoms with Crippen LogP contribution >= 0.6 is 0 Å². The summed E-state index contributed by atoms with van der Waals surface area (Å²) in [5.74, 6) is -0.0894. The molecule has 0 aliphatic rings. The Labute approximate surface area is 135 Å². The van der Waals surface area contributed by atoms with Crippen LogP contribution in [-0.4, -0.2) is 21.8 Å². The number of fused-ring (bicyclic) bond motifs is 1. The van der Waals surface area contributed by atoms with Gasteiger partial charge in [-0.25, -0.2) is 4.98 Å². The van der Waals surface area contributed by atoms with Gasteiger partial charge in [-0.05, 0) is 30.2 Å². The van der Waals surface area contributed by atoms with Gasteiger partial charge in [-0.1, -0.05) is 36.4 Å². The topological polar surface area (TPSA) is 46.4 Å². The molecule has 0 aliphatic heterocycles. The average molecular weight is 305 g/mol. The van der Waals surface area contributed by atoms with Crippen LogP contribution in [0.5, 0.6) is 0 Å². The number of hydrogen-bond acceptors (Lipinski definition) is 2. The Balaban J connectivity index is 1.52. The number of amides is 1. The van der Waals surface area contributed by atoms with Crippen molar-refractivity contribution in [3.8, 4) is 0 Å². The van der Waals surface area contributed by atoms with Gasteiger partial charge in [-0.3, -0.25) is 4.79 Å². The summed E-state index contributed by atoms with van der Waals surface area (Å²) in [7, 11) is 0. The molecule has 0 fully saturated rings. The van der Waals surface area contributed by atoms with Gasteiger partial charge in [0.1, 0.15) is 5.65 Å². The lowest BCUT2D eigenvalue weighted by atomic mass is 10.2. The Bertz CT molecular complexity index is 834. The van der Waals surface area contributed by atoms with Crippen molar-refractivity contribution in [1.82, 2.24) is 14.7 Å². The fourth-order valence-electron chi connectivity index (χ4n) is 2.38. The Kier molecular flexibility index (Phi) is 4.52. The third kappa shape index (κ3) is 4.07. The minimum atomic E-state index is -0.0894. The van der Waals surface area contributed by atoms with Crippen LogP contribution in [0.15, 0.2) is 60.9 Å². The molecule has 2 heterocycles. The van der Waals surface area contributed by atoms with E-state index in [0.717, 1.165) is 16.9 Å². The third-order valence-electron chi connectivity index (χ3n) is 3.56. The van der Waals surface area contributed by atoms with E-state index >= 15 is 0 Å². The van der Waals surface area contributed by atoms with Crippen molar-refractivity contribution >= 4 is 17.6 Å². The fraction of sp³-hybridized carbons (Fsp3) is 0.158. The predicted molar refractivity (Wildman–Crippen MR) is 92.1 cm³/mol. The molecule has 0 aliphatic carbocycles. The normalized spacial score (nSPS) is 11.2. The molecule has 1 aromatic carbocycles. The zero-order valence-corrected chi connectivity index (χ0v) is 13.1. The lowest BCUT2D eigenvalue weighted by molar-refractivity contribution is -0.116. The van der Waals surface area contributed by atoms with Gasteiger partial charge in [0.05, 0.1) is 5.69 Å². The van der Waals surface area contributed by atoms with Crippen LogP contribution in [0.3, 0.4) is 0 Å². The second kappa shape index (κ2) is 6.92. The molecule has 3 rings (SSSR count). The van der Waals surface area contributed by atoms with Gasteiger partial charge in [-0.2, -0.15) is 0 Å². The van der Waals surface area contributed by atoms with Gasteiger partial charge in [0.25, 0.3) is 0 Å².